The maximum atomic E-state index is 13.8. The van der Waals surface area contributed by atoms with Crippen LogP contribution in [-0.4, -0.2) is 91.0 Å². The number of epoxide rings is 1. The lowest BCUT2D eigenvalue weighted by Gasteiger charge is -2.39. The van der Waals surface area contributed by atoms with Gasteiger partial charge < -0.3 is 32.6 Å². The number of hydrogen-bond acceptors (Lipinski definition) is 8. The molecule has 1 fully saturated rings. The summed E-state index contributed by atoms with van der Waals surface area (Å²) in [6, 6.07) is 9.61. The highest BCUT2D eigenvalue weighted by atomic mass is 28.4. The van der Waals surface area contributed by atoms with Crippen LogP contribution in [0.15, 0.2) is 36.0 Å². The van der Waals surface area contributed by atoms with Crippen molar-refractivity contribution < 1.29 is 37.4 Å². The molecule has 0 aromatic heterocycles. The number of aliphatic hydroxyl groups is 1. The van der Waals surface area contributed by atoms with E-state index in [4.69, 9.17) is 27.5 Å². The van der Waals surface area contributed by atoms with Crippen LogP contribution in [0.5, 0.6) is 0 Å². The van der Waals surface area contributed by atoms with Crippen molar-refractivity contribution in [3.05, 3.63) is 36.0 Å². The zero-order valence-electron chi connectivity index (χ0n) is 40.2. The summed E-state index contributed by atoms with van der Waals surface area (Å²) in [4.78, 5) is 13.8. The largest absolute Gasteiger partial charge is 0.457 e. The topological polar surface area (TPSA) is 96.0 Å². The van der Waals surface area contributed by atoms with Gasteiger partial charge in [-0.1, -0.05) is 113 Å². The van der Waals surface area contributed by atoms with Gasteiger partial charge in [-0.2, -0.15) is 0 Å². The summed E-state index contributed by atoms with van der Waals surface area (Å²) in [6.45, 7) is 33.2. The first-order valence-electron chi connectivity index (χ1n) is 23.5. The number of allylic oxidation sites excluding steroid dienone is 2. The molecule has 1 N–H and O–H groups in total. The highest BCUT2D eigenvalue weighted by Gasteiger charge is 2.51. The van der Waals surface area contributed by atoms with E-state index in [-0.39, 0.29) is 42.7 Å². The van der Waals surface area contributed by atoms with Crippen molar-refractivity contribution in [3.63, 3.8) is 0 Å². The monoisotopic (exact) mass is 867 g/mol. The zero-order valence-corrected chi connectivity index (χ0v) is 43.2. The van der Waals surface area contributed by atoms with Gasteiger partial charge in [-0.05, 0) is 100 Å². The molecule has 0 aromatic carbocycles. The Bertz CT molecular complexity index is 1290. The van der Waals surface area contributed by atoms with Gasteiger partial charge in [-0.25, -0.2) is 0 Å². The lowest BCUT2D eigenvalue weighted by molar-refractivity contribution is -0.151. The number of carbonyl (C=O) groups is 1. The Hall–Kier alpha value is -0.899. The van der Waals surface area contributed by atoms with Gasteiger partial charge in [0.05, 0.1) is 35.9 Å². The van der Waals surface area contributed by atoms with Crippen LogP contribution >= 0.6 is 0 Å². The molecule has 0 saturated carbocycles. The van der Waals surface area contributed by atoms with Crippen LogP contribution < -0.4 is 0 Å². The highest BCUT2D eigenvalue weighted by Crippen LogP contribution is 2.42. The lowest BCUT2D eigenvalue weighted by atomic mass is 9.88. The number of methoxy groups -OCH3 is 1. The minimum Gasteiger partial charge on any atom is -0.457 e. The molecule has 8 nitrogen and oxygen atoms in total. The minimum atomic E-state index is -2.02. The second-order valence-electron chi connectivity index (χ2n) is 18.3. The van der Waals surface area contributed by atoms with Gasteiger partial charge in [0.1, 0.15) is 12.2 Å². The van der Waals surface area contributed by atoms with Crippen molar-refractivity contribution in [2.45, 2.75) is 238 Å². The van der Waals surface area contributed by atoms with E-state index in [2.05, 4.69) is 101 Å². The molecular formula is C47H90O8Si3. The average molecular weight is 867 g/mol. The molecule has 10 atom stereocenters. The third-order valence-electron chi connectivity index (χ3n) is 14.8. The number of ether oxygens (including phenoxy) is 3. The Balaban J connectivity index is 2.47. The van der Waals surface area contributed by atoms with E-state index in [1.165, 1.54) is 0 Å². The van der Waals surface area contributed by atoms with E-state index >= 15 is 0 Å². The second-order valence-corrected chi connectivity index (χ2v) is 32.4. The predicted octanol–water partition coefficient (Wildman–Crippen LogP) is 12.3. The van der Waals surface area contributed by atoms with E-state index < -0.39 is 48.4 Å². The summed E-state index contributed by atoms with van der Waals surface area (Å²) >= 11 is 0. The molecule has 0 spiro atoms. The molecule has 0 aliphatic carbocycles. The van der Waals surface area contributed by atoms with Crippen molar-refractivity contribution >= 4 is 30.9 Å². The molecule has 3 unspecified atom stereocenters. The van der Waals surface area contributed by atoms with Gasteiger partial charge in [-0.3, -0.25) is 4.79 Å². The average Bonchev–Trinajstić information content (AvgIpc) is 4.00. The van der Waals surface area contributed by atoms with Crippen molar-refractivity contribution in [2.75, 3.05) is 7.11 Å². The van der Waals surface area contributed by atoms with Crippen LogP contribution in [0.25, 0.3) is 0 Å². The van der Waals surface area contributed by atoms with Crippen LogP contribution in [-0.2, 0) is 32.3 Å². The molecule has 2 rings (SSSR count). The fourth-order valence-corrected chi connectivity index (χ4v) is 18.3. The van der Waals surface area contributed by atoms with Crippen molar-refractivity contribution in [2.24, 2.45) is 11.8 Å². The maximum absolute atomic E-state index is 13.8. The molecular weight excluding hydrogens is 777 g/mol. The lowest BCUT2D eigenvalue weighted by Crippen LogP contribution is -2.46. The molecule has 1 saturated heterocycles. The fourth-order valence-electron chi connectivity index (χ4n) is 9.33. The normalized spacial score (nSPS) is 29.6. The first kappa shape index (κ1) is 53.2. The van der Waals surface area contributed by atoms with Crippen LogP contribution in [0.3, 0.4) is 0 Å². The Labute approximate surface area is 360 Å². The molecule has 0 aromatic rings. The number of esters is 1. The summed E-state index contributed by atoms with van der Waals surface area (Å²) in [5.74, 6) is -0.131. The highest BCUT2D eigenvalue weighted by molar-refractivity contribution is 6.74. The van der Waals surface area contributed by atoms with E-state index in [0.717, 1.165) is 72.8 Å². The Kier molecular flexibility index (Phi) is 22.1. The summed E-state index contributed by atoms with van der Waals surface area (Å²) < 4.78 is 40.1. The summed E-state index contributed by atoms with van der Waals surface area (Å²) in [7, 11) is -4.12. The molecule has 11 heteroatoms. The number of rotatable bonds is 24. The molecule has 58 heavy (non-hydrogen) atoms. The number of carbonyl (C=O) groups excluding carboxylic acids is 1. The molecule has 0 radical (unpaired) electrons. The molecule has 2 heterocycles. The first-order chi connectivity index (χ1) is 27.3. The van der Waals surface area contributed by atoms with Gasteiger partial charge >= 0.3 is 5.97 Å². The van der Waals surface area contributed by atoms with E-state index in [0.29, 0.717) is 18.8 Å². The van der Waals surface area contributed by atoms with E-state index in [9.17, 15) is 9.90 Å². The third-order valence-corrected chi connectivity index (χ3v) is 29.0. The summed E-state index contributed by atoms with van der Waals surface area (Å²) in [5.41, 5.74) is -0.403. The quantitative estimate of drug-likeness (QED) is 0.0337. The van der Waals surface area contributed by atoms with E-state index in [1.54, 1.807) is 7.11 Å². The maximum Gasteiger partial charge on any atom is 0.308 e. The van der Waals surface area contributed by atoms with Crippen molar-refractivity contribution in [1.82, 2.24) is 0 Å². The predicted molar refractivity (Wildman–Crippen MR) is 250 cm³/mol. The molecule has 338 valence electrons. The SMILES string of the molecule is CCC(O[Si](CC)(CC)CC)C(C)[C@@H]1O[C@H]1CC(C)(/C=C/C=C(\C)[C@H]1OC(=O)C[C@H](O[Si](CC)(CC)CC)CC[C@@](C)(OC)[C@@H](O)/C=C/[C@@H]1C)O[Si](CC)(CC)CC. The van der Waals surface area contributed by atoms with Gasteiger partial charge in [0.15, 0.2) is 25.0 Å². The van der Waals surface area contributed by atoms with Crippen LogP contribution in [0.4, 0.5) is 0 Å². The van der Waals surface area contributed by atoms with Gasteiger partial charge in [0, 0.05) is 31.5 Å². The molecule has 0 bridgehead atoms. The van der Waals surface area contributed by atoms with Crippen LogP contribution in [0.1, 0.15) is 136 Å². The standard InChI is InChI=1S/C47H90O8Si3/c1-17-40(54-57(21-5,22-6)23-7)38(13)45-41(51-45)35-46(14,55-58(24-8,25-9)26-10)32-27-28-36(11)44-37(12)29-30-42(48)47(15,50-16)33-31-39(34-43(49)52-44)53-56(18-2,19-3)20-4/h27-30,32,37-42,44-45,48H,17-26,31,33-35H2,1-16H3/b30-29+,32-27+,36-28+/t37-,38?,39+,40?,41-,42-,44+,45-,46?,47+/m0/s1. The van der Waals surface area contributed by atoms with Gasteiger partial charge in [0.2, 0.25) is 0 Å². The molecule has 2 aliphatic rings. The second kappa shape index (κ2) is 24.1. The zero-order chi connectivity index (χ0) is 44.0. The Morgan fingerprint density at radius 1 is 0.931 bits per heavy atom. The third kappa shape index (κ3) is 14.3. The van der Waals surface area contributed by atoms with Crippen LogP contribution in [0.2, 0.25) is 54.4 Å². The molecule has 0 amide bonds. The Morgan fingerprint density at radius 2 is 1.48 bits per heavy atom. The number of cyclic esters (lactones) is 1. The van der Waals surface area contributed by atoms with Crippen molar-refractivity contribution in [3.8, 4) is 0 Å². The van der Waals surface area contributed by atoms with Crippen LogP contribution in [0, 0.1) is 11.8 Å². The summed E-state index contributed by atoms with van der Waals surface area (Å²) in [5, 5.41) is 11.4. The smallest absolute Gasteiger partial charge is 0.308 e. The van der Waals surface area contributed by atoms with Crippen molar-refractivity contribution in [1.29, 1.82) is 0 Å². The first-order valence-corrected chi connectivity index (χ1v) is 31.1. The Morgan fingerprint density at radius 3 is 1.98 bits per heavy atom. The number of hydrogen-bond donors (Lipinski definition) is 1. The molecule has 2 aliphatic heterocycles. The number of aliphatic hydroxyl groups excluding tert-OH is 1. The van der Waals surface area contributed by atoms with Gasteiger partial charge in [0.25, 0.3) is 0 Å². The van der Waals surface area contributed by atoms with Gasteiger partial charge in [-0.15, -0.1) is 0 Å². The summed E-state index contributed by atoms with van der Waals surface area (Å²) in [6.07, 6.45) is 12.1. The fraction of sp³-hybridized carbons (Fsp3) is 0.851. The van der Waals surface area contributed by atoms with E-state index in [1.807, 2.05) is 32.9 Å². The minimum absolute atomic E-state index is 0.109.